The van der Waals surface area contributed by atoms with Gasteiger partial charge in [-0.1, -0.05) is 59.2 Å². The molecule has 0 aliphatic heterocycles. The van der Waals surface area contributed by atoms with E-state index in [9.17, 15) is 0 Å². The van der Waals surface area contributed by atoms with Crippen LogP contribution in [0, 0.1) is 13.8 Å². The third-order valence-electron chi connectivity index (χ3n) is 4.48. The summed E-state index contributed by atoms with van der Waals surface area (Å²) in [5, 5.41) is 2.63. The SMILES string of the molecule is COCOc1c(C)cc(C(C)(C)C)cc1Pc1ccc(C)cc1CN(C)C. The van der Waals surface area contributed by atoms with Crippen molar-refractivity contribution in [3.63, 3.8) is 0 Å². The van der Waals surface area contributed by atoms with Gasteiger partial charge in [0.05, 0.1) is 0 Å². The molecule has 2 aromatic rings. The van der Waals surface area contributed by atoms with E-state index in [2.05, 4.69) is 83.9 Å². The van der Waals surface area contributed by atoms with Gasteiger partial charge in [-0.05, 0) is 61.4 Å². The molecule has 0 radical (unpaired) electrons. The van der Waals surface area contributed by atoms with Gasteiger partial charge >= 0.3 is 0 Å². The van der Waals surface area contributed by atoms with E-state index >= 15 is 0 Å². The van der Waals surface area contributed by atoms with E-state index in [-0.39, 0.29) is 12.2 Å². The number of hydrogen-bond donors (Lipinski definition) is 0. The van der Waals surface area contributed by atoms with E-state index in [0.717, 1.165) is 12.3 Å². The minimum atomic E-state index is 0.101. The number of ether oxygens (including phenoxy) is 2. The lowest BCUT2D eigenvalue weighted by Gasteiger charge is -2.24. The first-order valence-electron chi connectivity index (χ1n) is 9.40. The van der Waals surface area contributed by atoms with Gasteiger partial charge in [0, 0.05) is 19.0 Å². The first-order valence-corrected chi connectivity index (χ1v) is 10.4. The van der Waals surface area contributed by atoms with E-state index in [0.29, 0.717) is 8.58 Å². The van der Waals surface area contributed by atoms with Crippen LogP contribution >= 0.6 is 8.58 Å². The third kappa shape index (κ3) is 6.04. The highest BCUT2D eigenvalue weighted by Gasteiger charge is 2.19. The van der Waals surface area contributed by atoms with Crippen molar-refractivity contribution in [2.45, 2.75) is 46.6 Å². The molecule has 0 saturated heterocycles. The Kier molecular flexibility index (Phi) is 7.45. The average Bonchev–Trinajstić information content (AvgIpc) is 2.55. The molecule has 148 valence electrons. The largest absolute Gasteiger partial charge is 0.467 e. The standard InChI is InChI=1S/C23H34NO2P/c1-16-9-10-20(18(11-16)14-24(6)7)27-21-13-19(23(3,4)5)12-17(2)22(21)26-15-25-8/h9-13,27H,14-15H2,1-8H3. The molecule has 3 nitrogen and oxygen atoms in total. The number of hydrogen-bond acceptors (Lipinski definition) is 3. The zero-order chi connectivity index (χ0) is 20.2. The van der Waals surface area contributed by atoms with Gasteiger partial charge in [0.25, 0.3) is 0 Å². The Morgan fingerprint density at radius 1 is 1.00 bits per heavy atom. The van der Waals surface area contributed by atoms with Gasteiger partial charge < -0.3 is 14.4 Å². The maximum absolute atomic E-state index is 5.98. The van der Waals surface area contributed by atoms with Crippen molar-refractivity contribution >= 4 is 19.2 Å². The van der Waals surface area contributed by atoms with Gasteiger partial charge in [-0.2, -0.15) is 0 Å². The predicted octanol–water partition coefficient (Wildman–Crippen LogP) is 4.27. The number of nitrogens with zero attached hydrogens (tertiary/aromatic N) is 1. The summed E-state index contributed by atoms with van der Waals surface area (Å²) in [4.78, 5) is 2.22. The third-order valence-corrected chi connectivity index (χ3v) is 5.88. The Labute approximate surface area is 166 Å². The lowest BCUT2D eigenvalue weighted by atomic mass is 9.86. The molecule has 1 atom stereocenters. The second kappa shape index (κ2) is 9.19. The minimum Gasteiger partial charge on any atom is -0.467 e. The number of benzene rings is 2. The van der Waals surface area contributed by atoms with Gasteiger partial charge in [0.15, 0.2) is 6.79 Å². The molecule has 1 unspecified atom stereocenters. The highest BCUT2D eigenvalue weighted by Crippen LogP contribution is 2.31. The molecule has 0 aliphatic rings. The first kappa shape index (κ1) is 21.9. The summed E-state index contributed by atoms with van der Waals surface area (Å²) in [6, 6.07) is 11.3. The zero-order valence-corrected chi connectivity index (χ0v) is 19.1. The van der Waals surface area contributed by atoms with Crippen molar-refractivity contribution in [3.05, 3.63) is 52.6 Å². The van der Waals surface area contributed by atoms with Gasteiger partial charge in [0.1, 0.15) is 5.75 Å². The highest BCUT2D eigenvalue weighted by molar-refractivity contribution is 7.55. The van der Waals surface area contributed by atoms with Crippen molar-refractivity contribution in [2.75, 3.05) is 28.0 Å². The van der Waals surface area contributed by atoms with Gasteiger partial charge in [0.2, 0.25) is 0 Å². The van der Waals surface area contributed by atoms with E-state index in [1.165, 1.54) is 32.9 Å². The summed E-state index contributed by atoms with van der Waals surface area (Å²) in [5.41, 5.74) is 5.30. The van der Waals surface area contributed by atoms with E-state index < -0.39 is 0 Å². The van der Waals surface area contributed by atoms with Gasteiger partial charge in [-0.25, -0.2) is 0 Å². The molecule has 27 heavy (non-hydrogen) atoms. The van der Waals surface area contributed by atoms with Crippen molar-refractivity contribution in [3.8, 4) is 5.75 Å². The molecule has 0 fully saturated rings. The van der Waals surface area contributed by atoms with Gasteiger partial charge in [-0.15, -0.1) is 0 Å². The van der Waals surface area contributed by atoms with E-state index in [4.69, 9.17) is 9.47 Å². The summed E-state index contributed by atoms with van der Waals surface area (Å²) in [7, 11) is 6.44. The van der Waals surface area contributed by atoms with Crippen LogP contribution in [0.2, 0.25) is 0 Å². The average molecular weight is 388 g/mol. The van der Waals surface area contributed by atoms with Crippen LogP contribution in [0.1, 0.15) is 43.0 Å². The number of methoxy groups -OCH3 is 1. The fourth-order valence-electron chi connectivity index (χ4n) is 3.07. The Balaban J connectivity index is 2.51. The molecule has 0 aliphatic carbocycles. The molecular weight excluding hydrogens is 353 g/mol. The van der Waals surface area contributed by atoms with Crippen molar-refractivity contribution in [2.24, 2.45) is 0 Å². The van der Waals surface area contributed by atoms with Crippen molar-refractivity contribution in [1.82, 2.24) is 4.90 Å². The van der Waals surface area contributed by atoms with Crippen LogP contribution in [-0.2, 0) is 16.7 Å². The topological polar surface area (TPSA) is 21.7 Å². The van der Waals surface area contributed by atoms with Crippen LogP contribution in [0.5, 0.6) is 5.75 Å². The maximum Gasteiger partial charge on any atom is 0.188 e. The van der Waals surface area contributed by atoms with Crippen LogP contribution in [0.3, 0.4) is 0 Å². The molecule has 2 rings (SSSR count). The van der Waals surface area contributed by atoms with Crippen LogP contribution < -0.4 is 15.3 Å². The fourth-order valence-corrected chi connectivity index (χ4v) is 4.45. The molecule has 0 aromatic heterocycles. The molecule has 0 N–H and O–H groups in total. The minimum absolute atomic E-state index is 0.101. The van der Waals surface area contributed by atoms with E-state index in [1.54, 1.807) is 7.11 Å². The predicted molar refractivity (Wildman–Crippen MR) is 119 cm³/mol. The Hall–Kier alpha value is -1.41. The number of aryl methyl sites for hydroxylation is 2. The van der Waals surface area contributed by atoms with Crippen LogP contribution in [0.25, 0.3) is 0 Å². The lowest BCUT2D eigenvalue weighted by molar-refractivity contribution is 0.0514. The van der Waals surface area contributed by atoms with Crippen LogP contribution in [-0.4, -0.2) is 32.9 Å². The highest BCUT2D eigenvalue weighted by atomic mass is 31.1. The fraction of sp³-hybridized carbons (Fsp3) is 0.478. The van der Waals surface area contributed by atoms with E-state index in [1.807, 2.05) is 0 Å². The zero-order valence-electron chi connectivity index (χ0n) is 18.1. The molecular formula is C23H34NO2P. The second-order valence-corrected chi connectivity index (χ2v) is 9.82. The Bertz CT molecular complexity index is 779. The normalized spacial score (nSPS) is 12.3. The van der Waals surface area contributed by atoms with Crippen molar-refractivity contribution < 1.29 is 9.47 Å². The summed E-state index contributed by atoms with van der Waals surface area (Å²) in [5.74, 6) is 0.958. The lowest BCUT2D eigenvalue weighted by Crippen LogP contribution is -2.21. The summed E-state index contributed by atoms with van der Waals surface area (Å²) >= 11 is 0. The summed E-state index contributed by atoms with van der Waals surface area (Å²) in [6.45, 7) is 12.3. The molecule has 0 saturated carbocycles. The number of rotatable bonds is 7. The monoisotopic (exact) mass is 387 g/mol. The van der Waals surface area contributed by atoms with Crippen molar-refractivity contribution in [1.29, 1.82) is 0 Å². The van der Waals surface area contributed by atoms with Crippen LogP contribution in [0.4, 0.5) is 0 Å². The smallest absolute Gasteiger partial charge is 0.188 e. The molecule has 2 aromatic carbocycles. The maximum atomic E-state index is 5.98. The summed E-state index contributed by atoms with van der Waals surface area (Å²) < 4.78 is 11.1. The second-order valence-electron chi connectivity index (χ2n) is 8.49. The van der Waals surface area contributed by atoms with Crippen LogP contribution in [0.15, 0.2) is 30.3 Å². The Morgan fingerprint density at radius 3 is 2.30 bits per heavy atom. The first-order chi connectivity index (χ1) is 12.6. The molecule has 0 heterocycles. The quantitative estimate of drug-likeness (QED) is 0.523. The molecule has 0 spiro atoms. The molecule has 0 amide bonds. The van der Waals surface area contributed by atoms with Gasteiger partial charge in [-0.3, -0.25) is 0 Å². The Morgan fingerprint density at radius 2 is 1.70 bits per heavy atom. The molecule has 0 bridgehead atoms. The molecule has 4 heteroatoms. The summed E-state index contributed by atoms with van der Waals surface area (Å²) in [6.07, 6.45) is 0.